The molecule has 1 N–H and O–H groups in total. The van der Waals surface area contributed by atoms with Gasteiger partial charge in [0.2, 0.25) is 5.91 Å². The maximum atomic E-state index is 11.9. The van der Waals surface area contributed by atoms with Crippen molar-refractivity contribution in [2.24, 2.45) is 0 Å². The highest BCUT2D eigenvalue weighted by atomic mass is 16.5. The van der Waals surface area contributed by atoms with Gasteiger partial charge in [0.25, 0.3) is 0 Å². The van der Waals surface area contributed by atoms with E-state index in [-0.39, 0.29) is 12.3 Å². The number of carbonyl (C=O) groups is 2. The van der Waals surface area contributed by atoms with Gasteiger partial charge in [0.1, 0.15) is 23.3 Å². The van der Waals surface area contributed by atoms with Crippen molar-refractivity contribution in [3.63, 3.8) is 0 Å². The monoisotopic (exact) mass is 309 g/mol. The van der Waals surface area contributed by atoms with Crippen molar-refractivity contribution in [2.45, 2.75) is 18.4 Å². The van der Waals surface area contributed by atoms with Crippen molar-refractivity contribution < 1.29 is 28.5 Å². The topological polar surface area (TPSA) is 83.1 Å². The predicted molar refractivity (Wildman–Crippen MR) is 77.4 cm³/mol. The molecule has 1 aromatic carbocycles. The summed E-state index contributed by atoms with van der Waals surface area (Å²) in [7, 11) is 5.84. The molecule has 0 unspecified atom stereocenters. The lowest BCUT2D eigenvalue weighted by atomic mass is 9.90. The molecule has 1 saturated heterocycles. The maximum Gasteiger partial charge on any atom is 0.329 e. The van der Waals surface area contributed by atoms with E-state index in [9.17, 15) is 9.59 Å². The Kier molecular flexibility index (Phi) is 4.75. The Labute approximate surface area is 128 Å². The second-order valence-electron chi connectivity index (χ2n) is 4.82. The van der Waals surface area contributed by atoms with E-state index < -0.39 is 17.9 Å². The van der Waals surface area contributed by atoms with Crippen LogP contribution in [0, 0.1) is 0 Å². The Balaban J connectivity index is 2.53. The number of carbonyl (C=O) groups excluding carboxylic acids is 2. The molecular weight excluding hydrogens is 290 g/mol. The van der Waals surface area contributed by atoms with Gasteiger partial charge in [-0.15, -0.1) is 0 Å². The highest BCUT2D eigenvalue weighted by Crippen LogP contribution is 2.43. The number of nitrogens with one attached hydrogen (secondary N) is 1. The Morgan fingerprint density at radius 3 is 2.14 bits per heavy atom. The molecule has 0 radical (unpaired) electrons. The number of hydrogen-bond acceptors (Lipinski definition) is 6. The lowest BCUT2D eigenvalue weighted by Gasteiger charge is -2.22. The summed E-state index contributed by atoms with van der Waals surface area (Å²) in [6.45, 7) is 0. The van der Waals surface area contributed by atoms with E-state index in [2.05, 4.69) is 5.32 Å². The third-order valence-corrected chi connectivity index (χ3v) is 3.70. The quantitative estimate of drug-likeness (QED) is 0.812. The van der Waals surface area contributed by atoms with Crippen LogP contribution in [0.15, 0.2) is 12.1 Å². The molecule has 1 amide bonds. The number of methoxy groups -OCH3 is 4. The van der Waals surface area contributed by atoms with Crippen molar-refractivity contribution in [1.29, 1.82) is 0 Å². The minimum Gasteiger partial charge on any atom is -0.496 e. The first-order valence-electron chi connectivity index (χ1n) is 6.72. The van der Waals surface area contributed by atoms with Gasteiger partial charge in [-0.25, -0.2) is 4.79 Å². The number of amides is 1. The van der Waals surface area contributed by atoms with Gasteiger partial charge in [0, 0.05) is 30.0 Å². The summed E-state index contributed by atoms with van der Waals surface area (Å²) in [6.07, 6.45) is 0.152. The van der Waals surface area contributed by atoms with Gasteiger partial charge >= 0.3 is 5.97 Å². The molecule has 1 fully saturated rings. The van der Waals surface area contributed by atoms with Crippen LogP contribution < -0.4 is 19.5 Å². The molecule has 2 rings (SSSR count). The molecule has 0 spiro atoms. The summed E-state index contributed by atoms with van der Waals surface area (Å²) in [5.41, 5.74) is 0.638. The first kappa shape index (κ1) is 15.9. The van der Waals surface area contributed by atoms with Crippen molar-refractivity contribution >= 4 is 11.9 Å². The van der Waals surface area contributed by atoms with Gasteiger partial charge in [-0.1, -0.05) is 0 Å². The Morgan fingerprint density at radius 1 is 1.09 bits per heavy atom. The van der Waals surface area contributed by atoms with E-state index in [1.165, 1.54) is 28.4 Å². The molecule has 22 heavy (non-hydrogen) atoms. The van der Waals surface area contributed by atoms with Crippen LogP contribution in [0.5, 0.6) is 17.2 Å². The van der Waals surface area contributed by atoms with E-state index >= 15 is 0 Å². The van der Waals surface area contributed by atoms with Crippen LogP contribution in [-0.2, 0) is 14.3 Å². The molecule has 1 aliphatic heterocycles. The van der Waals surface area contributed by atoms with Crippen LogP contribution in [0.3, 0.4) is 0 Å². The van der Waals surface area contributed by atoms with E-state index in [0.29, 0.717) is 22.8 Å². The van der Waals surface area contributed by atoms with Gasteiger partial charge in [-0.05, 0) is 0 Å². The fraction of sp³-hybridized carbons (Fsp3) is 0.467. The zero-order valence-corrected chi connectivity index (χ0v) is 13.0. The second-order valence-corrected chi connectivity index (χ2v) is 4.82. The van der Waals surface area contributed by atoms with Crippen LogP contribution in [0.2, 0.25) is 0 Å². The minimum atomic E-state index is -0.770. The Hall–Kier alpha value is -2.44. The largest absolute Gasteiger partial charge is 0.496 e. The highest BCUT2D eigenvalue weighted by Gasteiger charge is 2.42. The third kappa shape index (κ3) is 2.79. The third-order valence-electron chi connectivity index (χ3n) is 3.70. The molecule has 7 heteroatoms. The summed E-state index contributed by atoms with van der Waals surface area (Å²) >= 11 is 0. The van der Waals surface area contributed by atoms with E-state index in [1.54, 1.807) is 12.1 Å². The fourth-order valence-corrected chi connectivity index (χ4v) is 2.67. The van der Waals surface area contributed by atoms with Gasteiger partial charge in [0.05, 0.1) is 28.4 Å². The minimum absolute atomic E-state index is 0.152. The van der Waals surface area contributed by atoms with Gasteiger partial charge in [0.15, 0.2) is 0 Å². The highest BCUT2D eigenvalue weighted by molar-refractivity contribution is 5.90. The molecule has 1 aliphatic rings. The average molecular weight is 309 g/mol. The maximum absolute atomic E-state index is 11.9. The zero-order chi connectivity index (χ0) is 16.3. The first-order chi connectivity index (χ1) is 10.5. The van der Waals surface area contributed by atoms with Gasteiger partial charge in [-0.2, -0.15) is 0 Å². The molecule has 7 nitrogen and oxygen atoms in total. The SMILES string of the molecule is COC(=O)[C@@H]1NC(=O)C[C@H]1c1c(OC)cc(OC)cc1OC. The molecule has 120 valence electrons. The lowest BCUT2D eigenvalue weighted by Crippen LogP contribution is -2.37. The molecule has 0 bridgehead atoms. The summed E-state index contributed by atoms with van der Waals surface area (Å²) in [5, 5.41) is 2.63. The second kappa shape index (κ2) is 6.55. The normalized spacial score (nSPS) is 20.3. The summed E-state index contributed by atoms with van der Waals surface area (Å²) < 4.78 is 20.7. The van der Waals surface area contributed by atoms with E-state index in [4.69, 9.17) is 18.9 Å². The van der Waals surface area contributed by atoms with Crippen molar-refractivity contribution in [1.82, 2.24) is 5.32 Å². The van der Waals surface area contributed by atoms with Crippen LogP contribution >= 0.6 is 0 Å². The van der Waals surface area contributed by atoms with Crippen LogP contribution in [0.1, 0.15) is 17.9 Å². The molecule has 0 aromatic heterocycles. The van der Waals surface area contributed by atoms with Crippen molar-refractivity contribution in [3.8, 4) is 17.2 Å². The molecule has 0 aliphatic carbocycles. The van der Waals surface area contributed by atoms with Crippen LogP contribution in [0.25, 0.3) is 0 Å². The van der Waals surface area contributed by atoms with Crippen LogP contribution in [-0.4, -0.2) is 46.4 Å². The summed E-state index contributed by atoms with van der Waals surface area (Å²) in [6, 6.07) is 2.61. The van der Waals surface area contributed by atoms with Gasteiger partial charge in [-0.3, -0.25) is 4.79 Å². The standard InChI is InChI=1S/C15H19NO6/c1-19-8-5-10(20-2)13(11(6-8)21-3)9-7-12(17)16-14(9)15(18)22-4/h5-6,9,14H,7H2,1-4H3,(H,16,17)/t9-,14+/m0/s1. The molecule has 0 saturated carbocycles. The lowest BCUT2D eigenvalue weighted by molar-refractivity contribution is -0.143. The number of hydrogen-bond donors (Lipinski definition) is 1. The molecule has 1 aromatic rings. The molecule has 2 atom stereocenters. The first-order valence-corrected chi connectivity index (χ1v) is 6.72. The summed E-state index contributed by atoms with van der Waals surface area (Å²) in [5.74, 6) is 0.384. The van der Waals surface area contributed by atoms with Crippen molar-refractivity contribution in [2.75, 3.05) is 28.4 Å². The summed E-state index contributed by atoms with van der Waals surface area (Å²) in [4.78, 5) is 23.7. The molecular formula is C15H19NO6. The van der Waals surface area contributed by atoms with E-state index in [0.717, 1.165) is 0 Å². The predicted octanol–water partition coefficient (Wildman–Crippen LogP) is 0.857. The zero-order valence-electron chi connectivity index (χ0n) is 13.0. The van der Waals surface area contributed by atoms with Crippen LogP contribution in [0.4, 0.5) is 0 Å². The Morgan fingerprint density at radius 2 is 1.68 bits per heavy atom. The van der Waals surface area contributed by atoms with Gasteiger partial charge < -0.3 is 24.3 Å². The number of benzene rings is 1. The average Bonchev–Trinajstić information content (AvgIpc) is 2.93. The molecule has 1 heterocycles. The van der Waals surface area contributed by atoms with E-state index in [1.807, 2.05) is 0 Å². The number of rotatable bonds is 5. The number of ether oxygens (including phenoxy) is 4. The number of esters is 1. The van der Waals surface area contributed by atoms with Crippen molar-refractivity contribution in [3.05, 3.63) is 17.7 Å². The Bertz CT molecular complexity index is 560. The smallest absolute Gasteiger partial charge is 0.329 e. The fourth-order valence-electron chi connectivity index (χ4n) is 2.67.